The minimum atomic E-state index is -0.833. The Morgan fingerprint density at radius 2 is 1.85 bits per heavy atom. The summed E-state index contributed by atoms with van der Waals surface area (Å²) in [5.74, 6) is -2.22. The molecule has 3 aromatic rings. The fraction of sp³-hybridized carbons (Fsp3) is 0.222. The Balaban J connectivity index is 1.77. The second-order valence-electron chi connectivity index (χ2n) is 5.99. The molecule has 0 aliphatic rings. The molecule has 1 N–H and O–H groups in total. The molecule has 1 atom stereocenters. The highest BCUT2D eigenvalue weighted by molar-refractivity contribution is 8.00. The van der Waals surface area contributed by atoms with Crippen molar-refractivity contribution < 1.29 is 13.6 Å². The Bertz CT molecular complexity index is 971. The summed E-state index contributed by atoms with van der Waals surface area (Å²) in [4.78, 5) is 12.3. The van der Waals surface area contributed by atoms with Gasteiger partial charge in [0.25, 0.3) is 0 Å². The Kier molecular flexibility index (Phi) is 5.50. The van der Waals surface area contributed by atoms with Gasteiger partial charge in [-0.25, -0.2) is 8.78 Å². The highest BCUT2D eigenvalue weighted by Gasteiger charge is 2.21. The molecular formula is C18H17F2N5OS. The number of para-hydroxylation sites is 1. The van der Waals surface area contributed by atoms with E-state index in [1.165, 1.54) is 10.7 Å². The minimum absolute atomic E-state index is 0.398. The monoisotopic (exact) mass is 389 g/mol. The first-order valence-electron chi connectivity index (χ1n) is 8.14. The number of benzene rings is 2. The third-order valence-corrected chi connectivity index (χ3v) is 5.07. The van der Waals surface area contributed by atoms with Gasteiger partial charge in [0.05, 0.1) is 10.9 Å². The van der Waals surface area contributed by atoms with Crippen LogP contribution in [0.1, 0.15) is 18.1 Å². The summed E-state index contributed by atoms with van der Waals surface area (Å²) in [6, 6.07) is 9.17. The van der Waals surface area contributed by atoms with Crippen molar-refractivity contribution in [1.82, 2.24) is 20.2 Å². The van der Waals surface area contributed by atoms with E-state index in [9.17, 15) is 13.6 Å². The van der Waals surface area contributed by atoms with Crippen LogP contribution in [0.25, 0.3) is 5.69 Å². The average Bonchev–Trinajstić information content (AvgIpc) is 3.08. The van der Waals surface area contributed by atoms with Crippen LogP contribution in [-0.2, 0) is 4.79 Å². The molecule has 0 aliphatic heterocycles. The molecule has 1 heterocycles. The summed E-state index contributed by atoms with van der Waals surface area (Å²) < 4.78 is 28.9. The van der Waals surface area contributed by atoms with Gasteiger partial charge in [-0.15, -0.1) is 5.10 Å². The van der Waals surface area contributed by atoms with Crippen molar-refractivity contribution in [3.05, 3.63) is 59.2 Å². The number of nitrogens with one attached hydrogen (secondary N) is 1. The maximum Gasteiger partial charge on any atom is 0.237 e. The van der Waals surface area contributed by atoms with E-state index in [0.717, 1.165) is 40.7 Å². The average molecular weight is 389 g/mol. The summed E-state index contributed by atoms with van der Waals surface area (Å²) in [5.41, 5.74) is 2.52. The normalized spacial score (nSPS) is 12.0. The SMILES string of the molecule is Cc1ccc(-n2nnnc2S[C@@H](C)C(=O)Nc2c(F)cccc2F)cc1C. The summed E-state index contributed by atoms with van der Waals surface area (Å²) in [7, 11) is 0. The number of hydrogen-bond donors (Lipinski definition) is 1. The molecule has 0 fully saturated rings. The van der Waals surface area contributed by atoms with Crippen molar-refractivity contribution in [2.45, 2.75) is 31.2 Å². The Morgan fingerprint density at radius 3 is 2.52 bits per heavy atom. The number of nitrogens with zero attached hydrogens (tertiary/aromatic N) is 4. The summed E-state index contributed by atoms with van der Waals surface area (Å²) in [6.45, 7) is 5.59. The van der Waals surface area contributed by atoms with Crippen LogP contribution in [0.4, 0.5) is 14.5 Å². The van der Waals surface area contributed by atoms with E-state index in [4.69, 9.17) is 0 Å². The smallest absolute Gasteiger partial charge is 0.237 e. The van der Waals surface area contributed by atoms with Crippen LogP contribution in [-0.4, -0.2) is 31.4 Å². The number of halogens is 2. The van der Waals surface area contributed by atoms with Gasteiger partial charge >= 0.3 is 0 Å². The van der Waals surface area contributed by atoms with Gasteiger partial charge in [-0.05, 0) is 66.6 Å². The van der Waals surface area contributed by atoms with E-state index in [1.54, 1.807) is 6.92 Å². The molecule has 0 aliphatic carbocycles. The number of aryl methyl sites for hydroxylation is 2. The molecule has 0 spiro atoms. The zero-order valence-corrected chi connectivity index (χ0v) is 15.7. The molecule has 1 amide bonds. The van der Waals surface area contributed by atoms with E-state index in [0.29, 0.717) is 5.16 Å². The lowest BCUT2D eigenvalue weighted by Crippen LogP contribution is -2.24. The van der Waals surface area contributed by atoms with Crippen LogP contribution in [0.5, 0.6) is 0 Å². The summed E-state index contributed by atoms with van der Waals surface area (Å²) in [6.07, 6.45) is 0. The van der Waals surface area contributed by atoms with Crippen LogP contribution in [0.15, 0.2) is 41.6 Å². The number of carbonyl (C=O) groups is 1. The second kappa shape index (κ2) is 7.83. The second-order valence-corrected chi connectivity index (χ2v) is 7.30. The topological polar surface area (TPSA) is 72.7 Å². The van der Waals surface area contributed by atoms with Crippen molar-refractivity contribution in [1.29, 1.82) is 0 Å². The van der Waals surface area contributed by atoms with Gasteiger partial charge in [-0.1, -0.05) is 23.9 Å². The molecule has 9 heteroatoms. The quantitative estimate of drug-likeness (QED) is 0.674. The molecule has 0 saturated heterocycles. The van der Waals surface area contributed by atoms with Crippen LogP contribution >= 0.6 is 11.8 Å². The van der Waals surface area contributed by atoms with E-state index < -0.39 is 28.5 Å². The van der Waals surface area contributed by atoms with Gasteiger partial charge in [0.15, 0.2) is 0 Å². The van der Waals surface area contributed by atoms with Crippen LogP contribution < -0.4 is 5.32 Å². The first kappa shape index (κ1) is 19.0. The number of amides is 1. The number of aromatic nitrogens is 4. The molecule has 0 bridgehead atoms. The molecule has 6 nitrogen and oxygen atoms in total. The van der Waals surface area contributed by atoms with Gasteiger partial charge in [0, 0.05) is 0 Å². The number of rotatable bonds is 5. The van der Waals surface area contributed by atoms with Gasteiger partial charge in [-0.3, -0.25) is 4.79 Å². The zero-order chi connectivity index (χ0) is 19.6. The Morgan fingerprint density at radius 1 is 1.15 bits per heavy atom. The number of hydrogen-bond acceptors (Lipinski definition) is 5. The van der Waals surface area contributed by atoms with Crippen molar-refractivity contribution >= 4 is 23.4 Å². The van der Waals surface area contributed by atoms with Crippen molar-refractivity contribution in [3.8, 4) is 5.69 Å². The van der Waals surface area contributed by atoms with E-state index in [-0.39, 0.29) is 0 Å². The van der Waals surface area contributed by atoms with Gasteiger partial charge < -0.3 is 5.32 Å². The van der Waals surface area contributed by atoms with Gasteiger partial charge in [0.2, 0.25) is 11.1 Å². The lowest BCUT2D eigenvalue weighted by Gasteiger charge is -2.13. The largest absolute Gasteiger partial charge is 0.320 e. The molecular weight excluding hydrogens is 372 g/mol. The number of thioether (sulfide) groups is 1. The molecule has 3 rings (SSSR count). The summed E-state index contributed by atoms with van der Waals surface area (Å²) in [5, 5.41) is 13.6. The Labute approximate surface area is 159 Å². The lowest BCUT2D eigenvalue weighted by molar-refractivity contribution is -0.115. The first-order valence-corrected chi connectivity index (χ1v) is 9.02. The minimum Gasteiger partial charge on any atom is -0.320 e. The highest BCUT2D eigenvalue weighted by atomic mass is 32.2. The lowest BCUT2D eigenvalue weighted by atomic mass is 10.1. The first-order chi connectivity index (χ1) is 12.9. The molecule has 140 valence electrons. The van der Waals surface area contributed by atoms with Crippen LogP contribution in [0, 0.1) is 25.5 Å². The van der Waals surface area contributed by atoms with E-state index in [2.05, 4.69) is 20.8 Å². The van der Waals surface area contributed by atoms with E-state index in [1.807, 2.05) is 32.0 Å². The van der Waals surface area contributed by atoms with E-state index >= 15 is 0 Å². The Hall–Kier alpha value is -2.81. The van der Waals surface area contributed by atoms with Crippen molar-refractivity contribution in [2.24, 2.45) is 0 Å². The third-order valence-electron chi connectivity index (χ3n) is 4.04. The molecule has 2 aromatic carbocycles. The van der Waals surface area contributed by atoms with Crippen molar-refractivity contribution in [2.75, 3.05) is 5.32 Å². The van der Waals surface area contributed by atoms with Gasteiger partial charge in [-0.2, -0.15) is 4.68 Å². The maximum absolute atomic E-state index is 13.7. The number of anilines is 1. The highest BCUT2D eigenvalue weighted by Crippen LogP contribution is 2.26. The predicted octanol–water partition coefficient (Wildman–Crippen LogP) is 3.68. The molecule has 0 saturated carbocycles. The fourth-order valence-corrected chi connectivity index (χ4v) is 3.13. The maximum atomic E-state index is 13.7. The summed E-state index contributed by atoms with van der Waals surface area (Å²) >= 11 is 1.09. The molecule has 0 unspecified atom stereocenters. The standard InChI is InChI=1S/C18H17F2N5OS/c1-10-7-8-13(9-11(10)2)25-18(22-23-24-25)27-12(3)17(26)21-16-14(19)5-4-6-15(16)20/h4-9,12H,1-3H3,(H,21,26)/t12-/m0/s1. The molecule has 1 aromatic heterocycles. The predicted molar refractivity (Wildman–Crippen MR) is 98.9 cm³/mol. The zero-order valence-electron chi connectivity index (χ0n) is 14.9. The third kappa shape index (κ3) is 4.13. The number of carbonyl (C=O) groups excluding carboxylic acids is 1. The molecule has 27 heavy (non-hydrogen) atoms. The fourth-order valence-electron chi connectivity index (χ4n) is 2.33. The van der Waals surface area contributed by atoms with Crippen LogP contribution in [0.2, 0.25) is 0 Å². The van der Waals surface area contributed by atoms with Crippen molar-refractivity contribution in [3.63, 3.8) is 0 Å². The van der Waals surface area contributed by atoms with Crippen LogP contribution in [0.3, 0.4) is 0 Å². The molecule has 0 radical (unpaired) electrons. The van der Waals surface area contributed by atoms with Gasteiger partial charge in [0.1, 0.15) is 17.3 Å². The number of tetrazole rings is 1.